The zero-order chi connectivity index (χ0) is 20.1. The average Bonchev–Trinajstić information content (AvgIpc) is 2.68. The van der Waals surface area contributed by atoms with E-state index < -0.39 is 10.8 Å². The molecule has 2 aromatic carbocycles. The van der Waals surface area contributed by atoms with Crippen LogP contribution in [0.3, 0.4) is 0 Å². The molecule has 1 aliphatic heterocycles. The fourth-order valence-corrected chi connectivity index (χ4v) is 3.15. The van der Waals surface area contributed by atoms with Crippen molar-refractivity contribution in [3.63, 3.8) is 0 Å². The van der Waals surface area contributed by atoms with E-state index in [0.29, 0.717) is 23.9 Å². The van der Waals surface area contributed by atoms with Gasteiger partial charge in [0.1, 0.15) is 0 Å². The number of nitro groups is 1. The molecule has 1 heterocycles. The number of nitro benzene ring substituents is 1. The van der Waals surface area contributed by atoms with E-state index in [9.17, 15) is 14.9 Å². The van der Waals surface area contributed by atoms with E-state index in [2.05, 4.69) is 15.5 Å². The number of amides is 1. The van der Waals surface area contributed by atoms with Crippen molar-refractivity contribution < 1.29 is 14.5 Å². The summed E-state index contributed by atoms with van der Waals surface area (Å²) in [5, 5.41) is 17.0. The number of hydrogen-bond donors (Lipinski definition) is 2. The van der Waals surface area contributed by atoms with Gasteiger partial charge in [0, 0.05) is 35.8 Å². The van der Waals surface area contributed by atoms with E-state index >= 15 is 0 Å². The molecule has 10 heteroatoms. The largest absolute Gasteiger partial charge is 0.378 e. The van der Waals surface area contributed by atoms with Crippen LogP contribution >= 0.6 is 23.8 Å². The number of halogens is 1. The van der Waals surface area contributed by atoms with Crippen molar-refractivity contribution in [3.05, 3.63) is 63.2 Å². The lowest BCUT2D eigenvalue weighted by Gasteiger charge is -2.30. The maximum absolute atomic E-state index is 12.4. The van der Waals surface area contributed by atoms with Gasteiger partial charge in [-0.25, -0.2) is 0 Å². The van der Waals surface area contributed by atoms with Crippen LogP contribution in [0, 0.1) is 10.1 Å². The lowest BCUT2D eigenvalue weighted by Crippen LogP contribution is -2.38. The zero-order valence-electron chi connectivity index (χ0n) is 14.7. The second-order valence-electron chi connectivity index (χ2n) is 5.98. The van der Waals surface area contributed by atoms with Crippen LogP contribution in [0.5, 0.6) is 0 Å². The van der Waals surface area contributed by atoms with Crippen molar-refractivity contribution in [2.24, 2.45) is 0 Å². The Labute approximate surface area is 171 Å². The molecule has 28 heavy (non-hydrogen) atoms. The predicted molar refractivity (Wildman–Crippen MR) is 111 cm³/mol. The van der Waals surface area contributed by atoms with E-state index in [4.69, 9.17) is 28.6 Å². The summed E-state index contributed by atoms with van der Waals surface area (Å²) in [5.74, 6) is -0.545. The smallest absolute Gasteiger partial charge is 0.270 e. The van der Waals surface area contributed by atoms with E-state index in [1.165, 1.54) is 24.3 Å². The van der Waals surface area contributed by atoms with E-state index in [-0.39, 0.29) is 16.4 Å². The Morgan fingerprint density at radius 1 is 1.21 bits per heavy atom. The normalized spacial score (nSPS) is 13.7. The highest BCUT2D eigenvalue weighted by molar-refractivity contribution is 7.80. The van der Waals surface area contributed by atoms with Gasteiger partial charge in [0.25, 0.3) is 11.6 Å². The highest BCUT2D eigenvalue weighted by atomic mass is 35.5. The molecule has 0 spiro atoms. The standard InChI is InChI=1S/C18H17ClN4O4S/c19-13-4-5-16(22-6-8-27-9-7-22)15(11-13)20-18(28)21-17(24)12-2-1-3-14(10-12)23(25)26/h1-5,10-11H,6-9H2,(H2,20,21,24,28). The molecule has 1 saturated heterocycles. The van der Waals surface area contributed by atoms with Gasteiger partial charge in [0.05, 0.1) is 29.5 Å². The summed E-state index contributed by atoms with van der Waals surface area (Å²) in [6.45, 7) is 2.69. The van der Waals surface area contributed by atoms with Gasteiger partial charge >= 0.3 is 0 Å². The van der Waals surface area contributed by atoms with Crippen LogP contribution in [0.1, 0.15) is 10.4 Å². The number of carbonyl (C=O) groups is 1. The molecule has 8 nitrogen and oxygen atoms in total. The van der Waals surface area contributed by atoms with Gasteiger partial charge in [-0.3, -0.25) is 20.2 Å². The minimum atomic E-state index is -0.562. The van der Waals surface area contributed by atoms with E-state index in [1.807, 2.05) is 6.07 Å². The Bertz CT molecular complexity index is 918. The van der Waals surface area contributed by atoms with Gasteiger partial charge in [-0.05, 0) is 36.5 Å². The molecular weight excluding hydrogens is 404 g/mol. The Morgan fingerprint density at radius 2 is 1.96 bits per heavy atom. The Hall–Kier alpha value is -2.75. The van der Waals surface area contributed by atoms with Crippen molar-refractivity contribution >= 4 is 51.9 Å². The third-order valence-electron chi connectivity index (χ3n) is 4.10. The first-order chi connectivity index (χ1) is 13.4. The number of hydrogen-bond acceptors (Lipinski definition) is 6. The van der Waals surface area contributed by atoms with Gasteiger partial charge in [-0.15, -0.1) is 0 Å². The zero-order valence-corrected chi connectivity index (χ0v) is 16.3. The molecule has 2 N–H and O–H groups in total. The second-order valence-corrected chi connectivity index (χ2v) is 6.82. The molecule has 0 atom stereocenters. The summed E-state index contributed by atoms with van der Waals surface area (Å²) in [6, 6.07) is 10.8. The molecule has 0 aliphatic carbocycles. The van der Waals surface area contributed by atoms with Crippen molar-refractivity contribution in [3.8, 4) is 0 Å². The lowest BCUT2D eigenvalue weighted by molar-refractivity contribution is -0.384. The van der Waals surface area contributed by atoms with Gasteiger partial charge < -0.3 is 15.0 Å². The minimum Gasteiger partial charge on any atom is -0.378 e. The van der Waals surface area contributed by atoms with Gasteiger partial charge in [-0.1, -0.05) is 17.7 Å². The Kier molecular flexibility index (Phi) is 6.40. The number of rotatable bonds is 4. The number of morpholine rings is 1. The first-order valence-electron chi connectivity index (χ1n) is 8.43. The molecule has 1 aliphatic rings. The Balaban J connectivity index is 1.72. The molecule has 146 valence electrons. The van der Waals surface area contributed by atoms with Gasteiger partial charge in [0.15, 0.2) is 5.11 Å². The van der Waals surface area contributed by atoms with E-state index in [1.54, 1.807) is 12.1 Å². The third-order valence-corrected chi connectivity index (χ3v) is 4.54. The maximum Gasteiger partial charge on any atom is 0.270 e. The van der Waals surface area contributed by atoms with Crippen molar-refractivity contribution in [1.82, 2.24) is 5.32 Å². The second kappa shape index (κ2) is 8.96. The van der Waals surface area contributed by atoms with Gasteiger partial charge in [0.2, 0.25) is 0 Å². The molecule has 0 saturated carbocycles. The van der Waals surface area contributed by atoms with Crippen molar-refractivity contribution in [1.29, 1.82) is 0 Å². The van der Waals surface area contributed by atoms with Crippen LogP contribution in [-0.2, 0) is 4.74 Å². The molecule has 0 bridgehead atoms. The average molecular weight is 421 g/mol. The van der Waals surface area contributed by atoms with Crippen LogP contribution < -0.4 is 15.5 Å². The minimum absolute atomic E-state index is 0.0632. The fourth-order valence-electron chi connectivity index (χ4n) is 2.78. The number of nitrogens with zero attached hydrogens (tertiary/aromatic N) is 2. The Morgan fingerprint density at radius 3 is 2.68 bits per heavy atom. The van der Waals surface area contributed by atoms with Crippen LogP contribution in [0.4, 0.5) is 17.1 Å². The lowest BCUT2D eigenvalue weighted by atomic mass is 10.2. The molecule has 1 fully saturated rings. The molecule has 2 aromatic rings. The number of non-ortho nitro benzene ring substituents is 1. The number of anilines is 2. The first-order valence-corrected chi connectivity index (χ1v) is 9.22. The number of benzene rings is 2. The van der Waals surface area contributed by atoms with Crippen LogP contribution in [0.2, 0.25) is 5.02 Å². The third kappa shape index (κ3) is 4.94. The molecular formula is C18H17ClN4O4S. The summed E-state index contributed by atoms with van der Waals surface area (Å²) in [4.78, 5) is 24.8. The summed E-state index contributed by atoms with van der Waals surface area (Å²) in [5.41, 5.74) is 1.51. The SMILES string of the molecule is O=C(NC(=S)Nc1cc(Cl)ccc1N1CCOCC1)c1cccc([N+](=O)[O-])c1. The molecule has 1 amide bonds. The quantitative estimate of drug-likeness (QED) is 0.445. The summed E-state index contributed by atoms with van der Waals surface area (Å²) in [6.07, 6.45) is 0. The monoisotopic (exact) mass is 420 g/mol. The fraction of sp³-hybridized carbons (Fsp3) is 0.222. The summed E-state index contributed by atoms with van der Waals surface area (Å²) < 4.78 is 5.38. The molecule has 3 rings (SSSR count). The molecule has 0 aromatic heterocycles. The summed E-state index contributed by atoms with van der Waals surface area (Å²) >= 11 is 11.3. The topological polar surface area (TPSA) is 96.7 Å². The van der Waals surface area contributed by atoms with Crippen molar-refractivity contribution in [2.75, 3.05) is 36.5 Å². The van der Waals surface area contributed by atoms with Crippen molar-refractivity contribution in [2.45, 2.75) is 0 Å². The predicted octanol–water partition coefficient (Wildman–Crippen LogP) is 3.21. The van der Waals surface area contributed by atoms with Gasteiger partial charge in [-0.2, -0.15) is 0 Å². The highest BCUT2D eigenvalue weighted by Gasteiger charge is 2.17. The highest BCUT2D eigenvalue weighted by Crippen LogP contribution is 2.29. The number of thiocarbonyl (C=S) groups is 1. The maximum atomic E-state index is 12.4. The van der Waals surface area contributed by atoms with E-state index in [0.717, 1.165) is 18.8 Å². The number of nitrogens with one attached hydrogen (secondary N) is 2. The number of ether oxygens (including phenoxy) is 1. The summed E-state index contributed by atoms with van der Waals surface area (Å²) in [7, 11) is 0. The molecule has 0 unspecified atom stereocenters. The molecule has 0 radical (unpaired) electrons. The first kappa shape index (κ1) is 20.0. The number of carbonyl (C=O) groups excluding carboxylic acids is 1. The van der Waals surface area contributed by atoms with Crippen LogP contribution in [-0.4, -0.2) is 42.2 Å². The van der Waals surface area contributed by atoms with Crippen LogP contribution in [0.15, 0.2) is 42.5 Å². The van der Waals surface area contributed by atoms with Crippen LogP contribution in [0.25, 0.3) is 0 Å².